The van der Waals surface area contributed by atoms with Crippen molar-refractivity contribution in [1.29, 1.82) is 0 Å². The van der Waals surface area contributed by atoms with Gasteiger partial charge in [0.1, 0.15) is 12.6 Å². The van der Waals surface area contributed by atoms with Gasteiger partial charge in [0, 0.05) is 12.3 Å². The summed E-state index contributed by atoms with van der Waals surface area (Å²) < 4.78 is 10.6. The van der Waals surface area contributed by atoms with E-state index in [9.17, 15) is 4.79 Å². The van der Waals surface area contributed by atoms with E-state index in [1.807, 2.05) is 0 Å². The Labute approximate surface area is 129 Å². The lowest BCUT2D eigenvalue weighted by Gasteiger charge is -2.22. The van der Waals surface area contributed by atoms with E-state index in [4.69, 9.17) is 9.47 Å². The first kappa shape index (κ1) is 18.0. The molecule has 0 aliphatic carbocycles. The molecule has 2 atom stereocenters. The third-order valence-corrected chi connectivity index (χ3v) is 3.89. The van der Waals surface area contributed by atoms with E-state index >= 15 is 0 Å². The summed E-state index contributed by atoms with van der Waals surface area (Å²) in [5.41, 5.74) is 0.926. The first-order chi connectivity index (χ1) is 10.1. The molecule has 1 rings (SSSR count). The monoisotopic (exact) mass is 297 g/mol. The normalized spacial score (nSPS) is 19.8. The summed E-state index contributed by atoms with van der Waals surface area (Å²) in [5.74, 6) is 0.500. The number of carbonyl (C=O) groups is 1. The summed E-state index contributed by atoms with van der Waals surface area (Å²) in [6.07, 6.45) is 7.65. The van der Waals surface area contributed by atoms with Crippen LogP contribution in [0.3, 0.4) is 0 Å². The third kappa shape index (κ3) is 8.76. The van der Waals surface area contributed by atoms with Gasteiger partial charge in [-0.1, -0.05) is 39.7 Å². The van der Waals surface area contributed by atoms with Gasteiger partial charge in [-0.25, -0.2) is 0 Å². The van der Waals surface area contributed by atoms with E-state index < -0.39 is 0 Å². The maximum Gasteiger partial charge on any atom is 0.325 e. The molecule has 4 nitrogen and oxygen atoms in total. The molecule has 0 aromatic carbocycles. The summed E-state index contributed by atoms with van der Waals surface area (Å²) in [6, 6.07) is 0. The molecule has 0 radical (unpaired) electrons. The molecule has 0 unspecified atom stereocenters. The number of nitrogens with one attached hydrogen (secondary N) is 1. The van der Waals surface area contributed by atoms with Crippen LogP contribution in [-0.4, -0.2) is 31.8 Å². The number of ether oxygens (including phenoxy) is 2. The third-order valence-electron chi connectivity index (χ3n) is 3.89. The van der Waals surface area contributed by atoms with Crippen LogP contribution in [0.2, 0.25) is 0 Å². The molecule has 1 N–H and O–H groups in total. The highest BCUT2D eigenvalue weighted by atomic mass is 16.6. The van der Waals surface area contributed by atoms with Gasteiger partial charge in [-0.05, 0) is 31.6 Å². The van der Waals surface area contributed by atoms with Gasteiger partial charge in [0.2, 0.25) is 0 Å². The molecule has 0 aromatic heterocycles. The molecule has 0 bridgehead atoms. The fraction of sp³-hybridized carbons (Fsp3) is 0.824. The summed E-state index contributed by atoms with van der Waals surface area (Å²) in [7, 11) is 0. The lowest BCUT2D eigenvalue weighted by Crippen LogP contribution is -2.32. The average molecular weight is 297 g/mol. The van der Waals surface area contributed by atoms with E-state index in [1.165, 1.54) is 19.3 Å². The Bertz CT molecular complexity index is 311. The zero-order valence-electron chi connectivity index (χ0n) is 13.7. The minimum Gasteiger partial charge on any atom is -0.459 e. The fourth-order valence-electron chi connectivity index (χ4n) is 2.43. The molecule has 0 amide bonds. The number of unbranched alkanes of at least 4 members (excludes halogenated alkanes) is 1. The molecular weight excluding hydrogens is 266 g/mol. The van der Waals surface area contributed by atoms with Crippen LogP contribution < -0.4 is 5.32 Å². The molecule has 1 aliphatic heterocycles. The molecule has 0 aromatic rings. The van der Waals surface area contributed by atoms with Crippen molar-refractivity contribution >= 4 is 5.97 Å². The Morgan fingerprint density at radius 2 is 2.29 bits per heavy atom. The van der Waals surface area contributed by atoms with Crippen molar-refractivity contribution in [2.75, 3.05) is 19.8 Å². The summed E-state index contributed by atoms with van der Waals surface area (Å²) in [5, 5.41) is 3.07. The Hall–Kier alpha value is -1.03. The maximum absolute atomic E-state index is 11.7. The zero-order chi connectivity index (χ0) is 15.5. The molecule has 1 saturated heterocycles. The lowest BCUT2D eigenvalue weighted by molar-refractivity contribution is -0.153. The number of carbonyl (C=O) groups excluding carboxylic acids is 1. The number of allylic oxidation sites excluding steroid dienone is 1. The summed E-state index contributed by atoms with van der Waals surface area (Å²) in [4.78, 5) is 11.7. The van der Waals surface area contributed by atoms with Gasteiger partial charge in [-0.3, -0.25) is 4.79 Å². The fourth-order valence-corrected chi connectivity index (χ4v) is 2.43. The van der Waals surface area contributed by atoms with Crippen LogP contribution in [0, 0.1) is 5.92 Å². The maximum atomic E-state index is 11.7. The SMILES string of the molecule is C=C(CC[C@H](C)CCCC)NCC(=O)O[C@@H]1CCCOC1. The largest absolute Gasteiger partial charge is 0.459 e. The van der Waals surface area contributed by atoms with Gasteiger partial charge < -0.3 is 14.8 Å². The van der Waals surface area contributed by atoms with E-state index in [-0.39, 0.29) is 18.6 Å². The molecule has 0 spiro atoms. The minimum atomic E-state index is -0.217. The van der Waals surface area contributed by atoms with Gasteiger partial charge in [0.25, 0.3) is 0 Å². The molecule has 4 heteroatoms. The van der Waals surface area contributed by atoms with E-state index in [0.29, 0.717) is 6.61 Å². The summed E-state index contributed by atoms with van der Waals surface area (Å²) >= 11 is 0. The van der Waals surface area contributed by atoms with E-state index in [2.05, 4.69) is 25.7 Å². The van der Waals surface area contributed by atoms with Crippen molar-refractivity contribution in [2.24, 2.45) is 5.92 Å². The van der Waals surface area contributed by atoms with Gasteiger partial charge in [0.15, 0.2) is 0 Å². The Morgan fingerprint density at radius 1 is 1.48 bits per heavy atom. The van der Waals surface area contributed by atoms with Crippen LogP contribution in [0.5, 0.6) is 0 Å². The van der Waals surface area contributed by atoms with Crippen LogP contribution in [0.25, 0.3) is 0 Å². The number of hydrogen-bond acceptors (Lipinski definition) is 4. The Balaban J connectivity index is 2.07. The van der Waals surface area contributed by atoms with Crippen LogP contribution in [-0.2, 0) is 14.3 Å². The van der Waals surface area contributed by atoms with Crippen molar-refractivity contribution in [1.82, 2.24) is 5.32 Å². The Kier molecular flexibility index (Phi) is 9.15. The van der Waals surface area contributed by atoms with E-state index in [0.717, 1.165) is 43.9 Å². The molecular formula is C17H31NO3. The summed E-state index contributed by atoms with van der Waals surface area (Å²) in [6.45, 7) is 9.99. The first-order valence-corrected chi connectivity index (χ1v) is 8.30. The average Bonchev–Trinajstić information content (AvgIpc) is 2.49. The van der Waals surface area contributed by atoms with Crippen molar-refractivity contribution in [3.8, 4) is 0 Å². The predicted octanol–water partition coefficient (Wildman–Crippen LogP) is 3.42. The highest BCUT2D eigenvalue weighted by Crippen LogP contribution is 2.15. The quantitative estimate of drug-likeness (QED) is 0.628. The molecule has 1 heterocycles. The first-order valence-electron chi connectivity index (χ1n) is 8.30. The second-order valence-corrected chi connectivity index (χ2v) is 6.07. The second-order valence-electron chi connectivity index (χ2n) is 6.07. The smallest absolute Gasteiger partial charge is 0.325 e. The number of rotatable bonds is 10. The van der Waals surface area contributed by atoms with Crippen molar-refractivity contribution < 1.29 is 14.3 Å². The van der Waals surface area contributed by atoms with Crippen LogP contribution in [0.4, 0.5) is 0 Å². The molecule has 1 fully saturated rings. The molecule has 21 heavy (non-hydrogen) atoms. The highest BCUT2D eigenvalue weighted by Gasteiger charge is 2.18. The minimum absolute atomic E-state index is 0.0737. The molecule has 0 saturated carbocycles. The van der Waals surface area contributed by atoms with Crippen molar-refractivity contribution in [3.63, 3.8) is 0 Å². The molecule has 122 valence electrons. The number of esters is 1. The van der Waals surface area contributed by atoms with Gasteiger partial charge >= 0.3 is 5.97 Å². The predicted molar refractivity (Wildman–Crippen MR) is 85.0 cm³/mol. The topological polar surface area (TPSA) is 47.6 Å². The highest BCUT2D eigenvalue weighted by molar-refractivity contribution is 5.72. The van der Waals surface area contributed by atoms with Gasteiger partial charge in [-0.15, -0.1) is 0 Å². The van der Waals surface area contributed by atoms with Crippen LogP contribution in [0.15, 0.2) is 12.3 Å². The van der Waals surface area contributed by atoms with E-state index in [1.54, 1.807) is 0 Å². The van der Waals surface area contributed by atoms with Crippen LogP contribution in [0.1, 0.15) is 58.8 Å². The Morgan fingerprint density at radius 3 is 2.95 bits per heavy atom. The standard InChI is InChI=1S/C17H31NO3/c1-4-5-7-14(2)9-10-15(3)18-12-17(19)21-16-8-6-11-20-13-16/h14,16,18H,3-13H2,1-2H3/t14-,16-/m1/s1. The number of hydrogen-bond donors (Lipinski definition) is 1. The van der Waals surface area contributed by atoms with Crippen molar-refractivity contribution in [3.05, 3.63) is 12.3 Å². The van der Waals surface area contributed by atoms with Crippen molar-refractivity contribution in [2.45, 2.75) is 64.9 Å². The van der Waals surface area contributed by atoms with Gasteiger partial charge in [-0.2, -0.15) is 0 Å². The second kappa shape index (κ2) is 10.7. The molecule has 1 aliphatic rings. The zero-order valence-corrected chi connectivity index (χ0v) is 13.7. The van der Waals surface area contributed by atoms with Gasteiger partial charge in [0.05, 0.1) is 6.61 Å². The lowest BCUT2D eigenvalue weighted by atomic mass is 9.98. The van der Waals surface area contributed by atoms with Crippen LogP contribution >= 0.6 is 0 Å².